The fraction of sp³-hybridized carbons (Fsp3) is 0.333. The van der Waals surface area contributed by atoms with Gasteiger partial charge in [0.15, 0.2) is 5.78 Å². The van der Waals surface area contributed by atoms with E-state index in [1.165, 1.54) is 10.6 Å². The van der Waals surface area contributed by atoms with Crippen molar-refractivity contribution < 1.29 is 9.59 Å². The van der Waals surface area contributed by atoms with Crippen LogP contribution in [0.3, 0.4) is 0 Å². The number of aryl methyl sites for hydroxylation is 1. The zero-order valence-corrected chi connectivity index (χ0v) is 15.0. The van der Waals surface area contributed by atoms with Crippen molar-refractivity contribution in [3.05, 3.63) is 65.7 Å². The SMILES string of the molecule is Cc1ccccc1CC1C(=O)C2C(=O)N(c3ccccc3)NC2NC1C. The van der Waals surface area contributed by atoms with Gasteiger partial charge in [-0.25, -0.2) is 10.4 Å². The van der Waals surface area contributed by atoms with E-state index >= 15 is 0 Å². The number of para-hydroxylation sites is 1. The first-order valence-corrected chi connectivity index (χ1v) is 9.05. The summed E-state index contributed by atoms with van der Waals surface area (Å²) in [5, 5.41) is 4.94. The van der Waals surface area contributed by atoms with Crippen molar-refractivity contribution in [1.29, 1.82) is 0 Å². The van der Waals surface area contributed by atoms with Crippen LogP contribution in [0.1, 0.15) is 18.1 Å². The van der Waals surface area contributed by atoms with Crippen LogP contribution >= 0.6 is 0 Å². The Morgan fingerprint density at radius 1 is 1.00 bits per heavy atom. The van der Waals surface area contributed by atoms with Gasteiger partial charge in [0.05, 0.1) is 11.9 Å². The van der Waals surface area contributed by atoms with Crippen LogP contribution in [-0.4, -0.2) is 23.9 Å². The molecule has 0 spiro atoms. The van der Waals surface area contributed by atoms with Crippen LogP contribution in [0.25, 0.3) is 0 Å². The van der Waals surface area contributed by atoms with E-state index in [0.717, 1.165) is 11.3 Å². The zero-order chi connectivity index (χ0) is 18.3. The number of fused-ring (bicyclic) bond motifs is 1. The normalized spacial score (nSPS) is 28.3. The van der Waals surface area contributed by atoms with Gasteiger partial charge >= 0.3 is 0 Å². The number of anilines is 1. The molecule has 2 aromatic carbocycles. The molecule has 2 fully saturated rings. The van der Waals surface area contributed by atoms with Gasteiger partial charge in [-0.3, -0.25) is 14.9 Å². The lowest BCUT2D eigenvalue weighted by atomic mass is 9.78. The average Bonchev–Trinajstić information content (AvgIpc) is 2.97. The minimum absolute atomic E-state index is 0.000575. The molecule has 2 aliphatic rings. The highest BCUT2D eigenvalue weighted by Crippen LogP contribution is 2.31. The molecule has 2 N–H and O–H groups in total. The molecule has 0 saturated carbocycles. The molecule has 0 aliphatic carbocycles. The number of hydrazine groups is 1. The van der Waals surface area contributed by atoms with E-state index in [4.69, 9.17) is 0 Å². The smallest absolute Gasteiger partial charge is 0.255 e. The van der Waals surface area contributed by atoms with Crippen molar-refractivity contribution in [2.75, 3.05) is 5.01 Å². The van der Waals surface area contributed by atoms with Gasteiger partial charge in [-0.1, -0.05) is 42.5 Å². The summed E-state index contributed by atoms with van der Waals surface area (Å²) in [4.78, 5) is 26.1. The van der Waals surface area contributed by atoms with Crippen molar-refractivity contribution in [3.63, 3.8) is 0 Å². The fourth-order valence-electron chi connectivity index (χ4n) is 3.99. The highest BCUT2D eigenvalue weighted by Gasteiger charge is 2.52. The molecule has 0 bridgehead atoms. The molecule has 0 aromatic heterocycles. The van der Waals surface area contributed by atoms with Gasteiger partial charge in [0.1, 0.15) is 5.92 Å². The molecule has 2 saturated heterocycles. The van der Waals surface area contributed by atoms with Crippen LogP contribution in [-0.2, 0) is 16.0 Å². The molecule has 26 heavy (non-hydrogen) atoms. The molecule has 2 aromatic rings. The number of hydrogen-bond donors (Lipinski definition) is 2. The van der Waals surface area contributed by atoms with Crippen LogP contribution in [0.5, 0.6) is 0 Å². The molecule has 4 rings (SSSR count). The number of Topliss-reactive ketones (excluding diaryl/α,β-unsaturated/α-hetero) is 1. The second kappa shape index (κ2) is 6.67. The number of nitrogens with one attached hydrogen (secondary N) is 2. The number of carbonyl (C=O) groups excluding carboxylic acids is 2. The van der Waals surface area contributed by atoms with Crippen LogP contribution in [0.2, 0.25) is 0 Å². The first kappa shape index (κ1) is 16.9. The number of carbonyl (C=O) groups is 2. The van der Waals surface area contributed by atoms with Gasteiger partial charge in [0.25, 0.3) is 5.91 Å². The second-order valence-corrected chi connectivity index (χ2v) is 7.19. The van der Waals surface area contributed by atoms with Crippen molar-refractivity contribution in [1.82, 2.24) is 10.7 Å². The fourth-order valence-corrected chi connectivity index (χ4v) is 3.99. The molecular formula is C21H23N3O2. The van der Waals surface area contributed by atoms with E-state index in [1.807, 2.05) is 49.4 Å². The van der Waals surface area contributed by atoms with Crippen molar-refractivity contribution >= 4 is 17.4 Å². The Bertz CT molecular complexity index is 836. The summed E-state index contributed by atoms with van der Waals surface area (Å²) in [7, 11) is 0. The number of ketones is 1. The molecule has 1 amide bonds. The number of amides is 1. The molecule has 0 radical (unpaired) electrons. The Kier molecular flexibility index (Phi) is 4.34. The standard InChI is InChI=1S/C21H23N3O2/c1-13-8-6-7-9-15(13)12-17-14(2)22-20-18(19(17)25)21(26)24(23-20)16-10-4-3-5-11-16/h3-11,14,17-18,20,22-23H,12H2,1-2H3. The van der Waals surface area contributed by atoms with E-state index in [2.05, 4.69) is 29.8 Å². The third-order valence-electron chi connectivity index (χ3n) is 5.52. The summed E-state index contributed by atoms with van der Waals surface area (Å²) in [5.41, 5.74) is 6.26. The number of piperidine rings is 1. The first-order valence-electron chi connectivity index (χ1n) is 9.05. The minimum Gasteiger partial charge on any atom is -0.298 e. The van der Waals surface area contributed by atoms with Gasteiger partial charge in [-0.15, -0.1) is 0 Å². The molecule has 134 valence electrons. The molecule has 4 unspecified atom stereocenters. The predicted molar refractivity (Wildman–Crippen MR) is 100 cm³/mol. The minimum atomic E-state index is -0.680. The van der Waals surface area contributed by atoms with Crippen LogP contribution in [0, 0.1) is 18.8 Å². The van der Waals surface area contributed by atoms with E-state index in [1.54, 1.807) is 0 Å². The Hall–Kier alpha value is -2.50. The molecule has 5 heteroatoms. The lowest BCUT2D eigenvalue weighted by Gasteiger charge is -2.35. The molecule has 2 heterocycles. The molecule has 4 atom stereocenters. The van der Waals surface area contributed by atoms with Gasteiger partial charge < -0.3 is 0 Å². The highest BCUT2D eigenvalue weighted by molar-refractivity contribution is 6.11. The van der Waals surface area contributed by atoms with E-state index in [0.29, 0.717) is 6.42 Å². The summed E-state index contributed by atoms with van der Waals surface area (Å²) < 4.78 is 0. The number of rotatable bonds is 3. The Labute approximate surface area is 153 Å². The first-order chi connectivity index (χ1) is 12.6. The van der Waals surface area contributed by atoms with Crippen LogP contribution in [0.15, 0.2) is 54.6 Å². The van der Waals surface area contributed by atoms with Gasteiger partial charge in [-0.05, 0) is 43.5 Å². The molecule has 2 aliphatic heterocycles. The third kappa shape index (κ3) is 2.83. The summed E-state index contributed by atoms with van der Waals surface area (Å²) in [6.45, 7) is 4.08. The van der Waals surface area contributed by atoms with Crippen molar-refractivity contribution in [3.8, 4) is 0 Å². The van der Waals surface area contributed by atoms with Crippen LogP contribution < -0.4 is 15.8 Å². The van der Waals surface area contributed by atoms with Crippen molar-refractivity contribution in [2.24, 2.45) is 11.8 Å². The predicted octanol–water partition coefficient (Wildman–Crippen LogP) is 2.21. The monoisotopic (exact) mass is 349 g/mol. The number of hydrogen-bond acceptors (Lipinski definition) is 4. The third-order valence-corrected chi connectivity index (χ3v) is 5.52. The zero-order valence-electron chi connectivity index (χ0n) is 15.0. The van der Waals surface area contributed by atoms with Gasteiger partial charge in [-0.2, -0.15) is 0 Å². The number of nitrogens with zero attached hydrogens (tertiary/aromatic N) is 1. The van der Waals surface area contributed by atoms with Gasteiger partial charge in [0, 0.05) is 12.0 Å². The number of benzene rings is 2. The quantitative estimate of drug-likeness (QED) is 0.834. The largest absolute Gasteiger partial charge is 0.298 e. The molecular weight excluding hydrogens is 326 g/mol. The second-order valence-electron chi connectivity index (χ2n) is 7.19. The van der Waals surface area contributed by atoms with E-state index < -0.39 is 5.92 Å². The summed E-state index contributed by atoms with van der Waals surface area (Å²) >= 11 is 0. The lowest BCUT2D eigenvalue weighted by molar-refractivity contribution is -0.136. The van der Waals surface area contributed by atoms with Crippen LogP contribution in [0.4, 0.5) is 5.69 Å². The Balaban J connectivity index is 1.58. The maximum Gasteiger partial charge on any atom is 0.255 e. The average molecular weight is 349 g/mol. The van der Waals surface area contributed by atoms with E-state index in [-0.39, 0.29) is 29.8 Å². The van der Waals surface area contributed by atoms with Crippen molar-refractivity contribution in [2.45, 2.75) is 32.5 Å². The Morgan fingerprint density at radius 2 is 1.69 bits per heavy atom. The summed E-state index contributed by atoms with van der Waals surface area (Å²) in [5.74, 6) is -1.04. The summed E-state index contributed by atoms with van der Waals surface area (Å²) in [6, 6.07) is 17.5. The topological polar surface area (TPSA) is 61.4 Å². The maximum absolute atomic E-state index is 13.2. The maximum atomic E-state index is 13.2. The Morgan fingerprint density at radius 3 is 2.42 bits per heavy atom. The molecule has 5 nitrogen and oxygen atoms in total. The summed E-state index contributed by atoms with van der Waals surface area (Å²) in [6.07, 6.45) is 0.306. The van der Waals surface area contributed by atoms with Gasteiger partial charge in [0.2, 0.25) is 0 Å². The highest BCUT2D eigenvalue weighted by atomic mass is 16.2. The lowest BCUT2D eigenvalue weighted by Crippen LogP contribution is -2.59. The van der Waals surface area contributed by atoms with E-state index in [9.17, 15) is 9.59 Å².